The summed E-state index contributed by atoms with van der Waals surface area (Å²) >= 11 is 2.07. The minimum Gasteiger partial charge on any atom is -0.328 e. The summed E-state index contributed by atoms with van der Waals surface area (Å²) in [6.45, 7) is 4.06. The van der Waals surface area contributed by atoms with Crippen LogP contribution in [0.5, 0.6) is 0 Å². The van der Waals surface area contributed by atoms with Crippen molar-refractivity contribution >= 4 is 30.0 Å². The van der Waals surface area contributed by atoms with E-state index in [9.17, 15) is 4.57 Å². The second-order valence-electron chi connectivity index (χ2n) is 1.55. The third-order valence-corrected chi connectivity index (χ3v) is 5.58. The molecular weight excluding hydrogens is 238 g/mol. The van der Waals surface area contributed by atoms with E-state index in [1.807, 2.05) is 6.92 Å². The van der Waals surface area contributed by atoms with Crippen molar-refractivity contribution in [3.05, 3.63) is 0 Å². The predicted molar refractivity (Wildman–Crippen MR) is 44.0 cm³/mol. The maximum atomic E-state index is 11.0. The van der Waals surface area contributed by atoms with Gasteiger partial charge < -0.3 is 4.52 Å². The van der Waals surface area contributed by atoms with Crippen molar-refractivity contribution in [3.8, 4) is 0 Å². The van der Waals surface area contributed by atoms with Gasteiger partial charge in [-0.05, 0) is 6.92 Å². The molecule has 0 aromatic carbocycles. The van der Waals surface area contributed by atoms with Crippen LogP contribution in [0.25, 0.3) is 0 Å². The van der Waals surface area contributed by atoms with E-state index in [1.54, 1.807) is 6.66 Å². The van der Waals surface area contributed by atoms with Crippen molar-refractivity contribution in [2.24, 2.45) is 0 Å². The van der Waals surface area contributed by atoms with Crippen LogP contribution < -0.4 is 0 Å². The monoisotopic (exact) mass is 248 g/mol. The van der Waals surface area contributed by atoms with Crippen LogP contribution in [0.4, 0.5) is 0 Å². The Kier molecular flexibility index (Phi) is 4.30. The Morgan fingerprint density at radius 3 is 2.38 bits per heavy atom. The quantitative estimate of drug-likeness (QED) is 0.435. The van der Waals surface area contributed by atoms with Crippen LogP contribution in [0, 0.1) is 0 Å². The fourth-order valence-corrected chi connectivity index (χ4v) is 1.51. The molecule has 0 rings (SSSR count). The molecule has 0 aliphatic heterocycles. The van der Waals surface area contributed by atoms with Crippen LogP contribution in [0.2, 0.25) is 0 Å². The first-order valence-electron chi connectivity index (χ1n) is 2.39. The first-order chi connectivity index (χ1) is 3.62. The van der Waals surface area contributed by atoms with Gasteiger partial charge in [-0.25, -0.2) is 0 Å². The molecule has 1 atom stereocenters. The molecule has 0 amide bonds. The van der Waals surface area contributed by atoms with Gasteiger partial charge in [0.15, 0.2) is 0 Å². The molecule has 50 valence electrons. The molecule has 0 aliphatic carbocycles. The summed E-state index contributed by atoms with van der Waals surface area (Å²) in [6, 6.07) is 0. The molecule has 0 fully saturated rings. The standard InChI is InChI=1S/C4H10IO2P/c1-3-7-8(2,6)4-5/h3-4H2,1-2H3. The molecule has 0 saturated heterocycles. The number of hydrogen-bond donors (Lipinski definition) is 0. The number of rotatable bonds is 3. The zero-order valence-electron chi connectivity index (χ0n) is 5.06. The molecule has 2 nitrogen and oxygen atoms in total. The Bertz CT molecular complexity index is 104. The maximum Gasteiger partial charge on any atom is 0.209 e. The second kappa shape index (κ2) is 3.85. The normalized spacial score (nSPS) is 17.9. The van der Waals surface area contributed by atoms with Gasteiger partial charge in [-0.15, -0.1) is 0 Å². The molecule has 0 radical (unpaired) electrons. The van der Waals surface area contributed by atoms with E-state index in [1.165, 1.54) is 0 Å². The largest absolute Gasteiger partial charge is 0.328 e. The van der Waals surface area contributed by atoms with E-state index in [4.69, 9.17) is 4.52 Å². The third-order valence-electron chi connectivity index (χ3n) is 0.619. The second-order valence-corrected chi connectivity index (χ2v) is 6.12. The molecule has 8 heavy (non-hydrogen) atoms. The van der Waals surface area contributed by atoms with Gasteiger partial charge in [-0.3, -0.25) is 4.57 Å². The summed E-state index contributed by atoms with van der Waals surface area (Å²) in [7, 11) is -2.19. The van der Waals surface area contributed by atoms with Gasteiger partial charge in [0.2, 0.25) is 7.37 Å². The summed E-state index contributed by atoms with van der Waals surface area (Å²) in [4.78, 5) is 0. The van der Waals surface area contributed by atoms with Crippen LogP contribution in [0.15, 0.2) is 0 Å². The third kappa shape index (κ3) is 3.87. The maximum absolute atomic E-state index is 11.0. The molecule has 0 aliphatic rings. The summed E-state index contributed by atoms with van der Waals surface area (Å²) in [5, 5.41) is 0. The van der Waals surface area contributed by atoms with Crippen LogP contribution in [0.3, 0.4) is 0 Å². The van der Waals surface area contributed by atoms with E-state index >= 15 is 0 Å². The summed E-state index contributed by atoms with van der Waals surface area (Å²) < 4.78 is 16.5. The Labute approximate surface area is 63.6 Å². The van der Waals surface area contributed by atoms with Crippen LogP contribution in [-0.2, 0) is 9.09 Å². The molecule has 0 heterocycles. The zero-order chi connectivity index (χ0) is 6.62. The minimum absolute atomic E-state index is 0.552. The molecule has 0 bridgehead atoms. The number of hydrogen-bond acceptors (Lipinski definition) is 2. The van der Waals surface area contributed by atoms with Gasteiger partial charge in [0.05, 0.1) is 10.8 Å². The van der Waals surface area contributed by atoms with Gasteiger partial charge in [0.1, 0.15) is 0 Å². The van der Waals surface area contributed by atoms with E-state index in [2.05, 4.69) is 22.6 Å². The van der Waals surface area contributed by atoms with Crippen LogP contribution in [0.1, 0.15) is 6.92 Å². The first-order valence-corrected chi connectivity index (χ1v) is 6.17. The summed E-state index contributed by atoms with van der Waals surface area (Å²) in [6.07, 6.45) is 0. The van der Waals surface area contributed by atoms with Crippen molar-refractivity contribution in [2.45, 2.75) is 6.92 Å². The molecule has 0 spiro atoms. The van der Waals surface area contributed by atoms with Gasteiger partial charge in [-0.1, -0.05) is 22.6 Å². The topological polar surface area (TPSA) is 26.3 Å². The highest BCUT2D eigenvalue weighted by molar-refractivity contribution is 14.1. The lowest BCUT2D eigenvalue weighted by atomic mass is 10.9. The van der Waals surface area contributed by atoms with Gasteiger partial charge >= 0.3 is 0 Å². The highest BCUT2D eigenvalue weighted by Crippen LogP contribution is 2.43. The van der Waals surface area contributed by atoms with Gasteiger partial charge in [0, 0.05) is 6.66 Å². The van der Waals surface area contributed by atoms with E-state index < -0.39 is 7.37 Å². The highest BCUT2D eigenvalue weighted by atomic mass is 127. The fourth-order valence-electron chi connectivity index (χ4n) is 0.308. The van der Waals surface area contributed by atoms with Crippen molar-refractivity contribution in [3.63, 3.8) is 0 Å². The fraction of sp³-hybridized carbons (Fsp3) is 1.00. The lowest BCUT2D eigenvalue weighted by Gasteiger charge is -2.06. The smallest absolute Gasteiger partial charge is 0.209 e. The van der Waals surface area contributed by atoms with E-state index in [0.29, 0.717) is 10.8 Å². The lowest BCUT2D eigenvalue weighted by molar-refractivity contribution is 0.341. The molecule has 4 heteroatoms. The lowest BCUT2D eigenvalue weighted by Crippen LogP contribution is -1.86. The SMILES string of the molecule is CCOP(C)(=O)CI. The molecule has 0 aromatic heterocycles. The van der Waals surface area contributed by atoms with Crippen molar-refractivity contribution in [1.82, 2.24) is 0 Å². The van der Waals surface area contributed by atoms with Crippen molar-refractivity contribution in [1.29, 1.82) is 0 Å². The molecule has 0 aromatic rings. The molecule has 1 unspecified atom stereocenters. The van der Waals surface area contributed by atoms with Crippen LogP contribution >= 0.6 is 30.0 Å². The Balaban J connectivity index is 3.55. The van der Waals surface area contributed by atoms with E-state index in [0.717, 1.165) is 0 Å². The van der Waals surface area contributed by atoms with Gasteiger partial charge in [-0.2, -0.15) is 0 Å². The number of alkyl halides is 1. The van der Waals surface area contributed by atoms with Crippen LogP contribution in [-0.4, -0.2) is 17.4 Å². The summed E-state index contributed by atoms with van der Waals surface area (Å²) in [5.41, 5.74) is 0. The highest BCUT2D eigenvalue weighted by Gasteiger charge is 2.10. The summed E-state index contributed by atoms with van der Waals surface area (Å²) in [5.74, 6) is 0. The number of halogens is 1. The van der Waals surface area contributed by atoms with E-state index in [-0.39, 0.29) is 0 Å². The van der Waals surface area contributed by atoms with Crippen molar-refractivity contribution in [2.75, 3.05) is 17.4 Å². The predicted octanol–water partition coefficient (Wildman–Crippen LogP) is 2.32. The average Bonchev–Trinajstić information content (AvgIpc) is 1.67. The molecular formula is C4H10IO2P. The average molecular weight is 248 g/mol. The Morgan fingerprint density at radius 2 is 2.25 bits per heavy atom. The van der Waals surface area contributed by atoms with Crippen molar-refractivity contribution < 1.29 is 9.09 Å². The zero-order valence-corrected chi connectivity index (χ0v) is 8.11. The van der Waals surface area contributed by atoms with Gasteiger partial charge in [0.25, 0.3) is 0 Å². The minimum atomic E-state index is -2.19. The first kappa shape index (κ1) is 8.92. The molecule has 0 saturated carbocycles. The Hall–Kier alpha value is 0.920. The molecule has 0 N–H and O–H groups in total. The Morgan fingerprint density at radius 1 is 1.75 bits per heavy atom.